The van der Waals surface area contributed by atoms with Crippen molar-refractivity contribution in [1.29, 1.82) is 0 Å². The Morgan fingerprint density at radius 3 is 2.71 bits per heavy atom. The fourth-order valence-corrected chi connectivity index (χ4v) is 3.55. The quantitative estimate of drug-likeness (QED) is 0.752. The molecule has 0 aliphatic rings. The van der Waals surface area contributed by atoms with Gasteiger partial charge in [-0.25, -0.2) is 17.8 Å². The summed E-state index contributed by atoms with van der Waals surface area (Å²) in [6.45, 7) is 2.52. The predicted molar refractivity (Wildman–Crippen MR) is 67.0 cm³/mol. The summed E-state index contributed by atoms with van der Waals surface area (Å²) in [4.78, 5) is 3.62. The molecule has 0 bridgehead atoms. The van der Waals surface area contributed by atoms with Crippen molar-refractivity contribution < 1.29 is 12.8 Å². The smallest absolute Gasteiger partial charge is 0.241 e. The molecule has 0 fully saturated rings. The number of sulfonamides is 1. The number of pyridine rings is 1. The molecule has 17 heavy (non-hydrogen) atoms. The molecule has 0 aliphatic carbocycles. The van der Waals surface area contributed by atoms with Crippen LogP contribution in [0.25, 0.3) is 0 Å². The van der Waals surface area contributed by atoms with Gasteiger partial charge >= 0.3 is 0 Å². The summed E-state index contributed by atoms with van der Waals surface area (Å²) >= 11 is 3.18. The fraction of sp³-hybridized carbons (Fsp3) is 0.500. The summed E-state index contributed by atoms with van der Waals surface area (Å²) in [6.07, 6.45) is 1.94. The van der Waals surface area contributed by atoms with Crippen molar-refractivity contribution in [1.82, 2.24) is 9.29 Å². The molecule has 1 heterocycles. The van der Waals surface area contributed by atoms with E-state index in [1.54, 1.807) is 0 Å². The molecule has 1 aromatic rings. The minimum atomic E-state index is -3.84. The number of halogens is 2. The van der Waals surface area contributed by atoms with Gasteiger partial charge in [-0.05, 0) is 18.6 Å². The lowest BCUT2D eigenvalue weighted by molar-refractivity contribution is 0.422. The van der Waals surface area contributed by atoms with Crippen molar-refractivity contribution in [3.63, 3.8) is 0 Å². The summed E-state index contributed by atoms with van der Waals surface area (Å²) in [5, 5.41) is -0.00451. The van der Waals surface area contributed by atoms with Crippen LogP contribution in [0.1, 0.15) is 13.3 Å². The average molecular weight is 325 g/mol. The van der Waals surface area contributed by atoms with Crippen molar-refractivity contribution in [3.05, 3.63) is 24.1 Å². The van der Waals surface area contributed by atoms with Gasteiger partial charge in [-0.3, -0.25) is 0 Å². The number of nitrogens with zero attached hydrogens (tertiary/aromatic N) is 2. The molecule has 0 saturated carbocycles. The Morgan fingerprint density at radius 2 is 2.18 bits per heavy atom. The van der Waals surface area contributed by atoms with Crippen molar-refractivity contribution in [2.75, 3.05) is 18.4 Å². The van der Waals surface area contributed by atoms with Gasteiger partial charge in [0.2, 0.25) is 5.03 Å². The van der Waals surface area contributed by atoms with E-state index in [9.17, 15) is 12.8 Å². The fourth-order valence-electron chi connectivity index (χ4n) is 1.38. The number of rotatable bonds is 6. The second kappa shape index (κ2) is 6.42. The summed E-state index contributed by atoms with van der Waals surface area (Å²) in [5.74, 6) is -0.817. The Bertz CT molecular complexity index is 461. The van der Waals surface area contributed by atoms with E-state index in [0.717, 1.165) is 6.07 Å². The van der Waals surface area contributed by atoms with E-state index in [0.29, 0.717) is 24.8 Å². The SMILES string of the molecule is CCCN(CCBr)S(=O)(=O)c1ncccc1F. The predicted octanol–water partition coefficient (Wildman–Crippen LogP) is 2.02. The number of hydrogen-bond donors (Lipinski definition) is 0. The highest BCUT2D eigenvalue weighted by Gasteiger charge is 2.27. The third kappa shape index (κ3) is 3.46. The van der Waals surface area contributed by atoms with E-state index in [-0.39, 0.29) is 0 Å². The van der Waals surface area contributed by atoms with Crippen LogP contribution in [-0.2, 0) is 10.0 Å². The molecule has 7 heteroatoms. The van der Waals surface area contributed by atoms with Gasteiger partial charge in [0.15, 0.2) is 5.82 Å². The van der Waals surface area contributed by atoms with Crippen LogP contribution in [0.2, 0.25) is 0 Å². The van der Waals surface area contributed by atoms with Crippen LogP contribution in [0.4, 0.5) is 4.39 Å². The summed E-state index contributed by atoms with van der Waals surface area (Å²) in [7, 11) is -3.84. The van der Waals surface area contributed by atoms with Gasteiger partial charge in [0.1, 0.15) is 0 Å². The lowest BCUT2D eigenvalue weighted by Gasteiger charge is -2.20. The van der Waals surface area contributed by atoms with Crippen LogP contribution in [0, 0.1) is 5.82 Å². The lowest BCUT2D eigenvalue weighted by atomic mass is 10.5. The zero-order chi connectivity index (χ0) is 12.9. The first-order chi connectivity index (χ1) is 8.04. The Labute approximate surface area is 109 Å². The van der Waals surface area contributed by atoms with Gasteiger partial charge in [0, 0.05) is 24.6 Å². The zero-order valence-electron chi connectivity index (χ0n) is 9.44. The van der Waals surface area contributed by atoms with E-state index in [4.69, 9.17) is 0 Å². The van der Waals surface area contributed by atoms with Crippen LogP contribution in [0.3, 0.4) is 0 Å². The molecule has 0 atom stereocenters. The van der Waals surface area contributed by atoms with Crippen LogP contribution in [0.5, 0.6) is 0 Å². The molecule has 96 valence electrons. The number of alkyl halides is 1. The molecule has 0 N–H and O–H groups in total. The summed E-state index contributed by atoms with van der Waals surface area (Å²) < 4.78 is 38.9. The first-order valence-corrected chi connectivity index (χ1v) is 7.76. The summed E-state index contributed by atoms with van der Waals surface area (Å²) in [5.41, 5.74) is 0. The molecule has 0 radical (unpaired) electrons. The van der Waals surface area contributed by atoms with E-state index in [2.05, 4.69) is 20.9 Å². The number of hydrogen-bond acceptors (Lipinski definition) is 3. The molecule has 0 aromatic carbocycles. The topological polar surface area (TPSA) is 50.3 Å². The Balaban J connectivity index is 3.12. The van der Waals surface area contributed by atoms with Crippen LogP contribution < -0.4 is 0 Å². The molecular weight excluding hydrogens is 311 g/mol. The molecule has 0 unspecified atom stereocenters. The van der Waals surface area contributed by atoms with Gasteiger partial charge in [0.25, 0.3) is 10.0 Å². The largest absolute Gasteiger partial charge is 0.263 e. The van der Waals surface area contributed by atoms with Crippen LogP contribution >= 0.6 is 15.9 Å². The molecule has 1 aromatic heterocycles. The number of aromatic nitrogens is 1. The van der Waals surface area contributed by atoms with Crippen molar-refractivity contribution >= 4 is 26.0 Å². The molecule has 0 spiro atoms. The first kappa shape index (κ1) is 14.5. The van der Waals surface area contributed by atoms with Crippen molar-refractivity contribution in [2.45, 2.75) is 18.4 Å². The lowest BCUT2D eigenvalue weighted by Crippen LogP contribution is -2.34. The molecule has 4 nitrogen and oxygen atoms in total. The Kier molecular flexibility index (Phi) is 5.48. The van der Waals surface area contributed by atoms with E-state index >= 15 is 0 Å². The maximum atomic E-state index is 13.4. The van der Waals surface area contributed by atoms with Gasteiger partial charge in [-0.1, -0.05) is 22.9 Å². The van der Waals surface area contributed by atoms with Gasteiger partial charge in [-0.15, -0.1) is 0 Å². The van der Waals surface area contributed by atoms with Crippen LogP contribution in [-0.4, -0.2) is 36.1 Å². The standard InChI is InChI=1S/C10H14BrFN2O2S/c1-2-7-14(8-5-11)17(15,16)10-9(12)4-3-6-13-10/h3-4,6H,2,5,7-8H2,1H3. The van der Waals surface area contributed by atoms with Crippen molar-refractivity contribution in [3.8, 4) is 0 Å². The minimum Gasteiger partial charge on any atom is -0.241 e. The average Bonchev–Trinajstić information content (AvgIpc) is 2.29. The zero-order valence-corrected chi connectivity index (χ0v) is 11.8. The monoisotopic (exact) mass is 324 g/mol. The molecule has 0 aliphatic heterocycles. The molecular formula is C10H14BrFN2O2S. The highest BCUT2D eigenvalue weighted by atomic mass is 79.9. The molecule has 1 rings (SSSR count). The highest BCUT2D eigenvalue weighted by Crippen LogP contribution is 2.16. The highest BCUT2D eigenvalue weighted by molar-refractivity contribution is 9.09. The van der Waals surface area contributed by atoms with E-state index in [1.807, 2.05) is 6.92 Å². The van der Waals surface area contributed by atoms with Gasteiger partial charge in [-0.2, -0.15) is 4.31 Å². The molecule has 0 saturated heterocycles. The Morgan fingerprint density at radius 1 is 1.47 bits per heavy atom. The Hall–Kier alpha value is -0.530. The van der Waals surface area contributed by atoms with E-state index in [1.165, 1.54) is 16.6 Å². The van der Waals surface area contributed by atoms with E-state index < -0.39 is 20.9 Å². The minimum absolute atomic E-state index is 0.298. The second-order valence-corrected chi connectivity index (χ2v) is 6.03. The molecule has 0 amide bonds. The maximum Gasteiger partial charge on any atom is 0.263 e. The second-order valence-electron chi connectivity index (χ2n) is 3.38. The van der Waals surface area contributed by atoms with Crippen molar-refractivity contribution in [2.24, 2.45) is 0 Å². The maximum absolute atomic E-state index is 13.4. The van der Waals surface area contributed by atoms with Crippen LogP contribution in [0.15, 0.2) is 23.4 Å². The summed E-state index contributed by atoms with van der Waals surface area (Å²) in [6, 6.07) is 2.46. The van der Waals surface area contributed by atoms with Gasteiger partial charge in [0.05, 0.1) is 0 Å². The first-order valence-electron chi connectivity index (χ1n) is 5.20. The third-order valence-electron chi connectivity index (χ3n) is 2.12. The third-order valence-corrected chi connectivity index (χ3v) is 4.30. The normalized spacial score (nSPS) is 12.0. The van der Waals surface area contributed by atoms with Gasteiger partial charge < -0.3 is 0 Å².